The molecule has 0 radical (unpaired) electrons. The first kappa shape index (κ1) is 36.0. The normalized spacial score (nSPS) is 18.9. The molecule has 8 nitrogen and oxygen atoms in total. The molecular weight excluding hydrogens is 697 g/mol. The predicted octanol–water partition coefficient (Wildman–Crippen LogP) is 9.71. The quantitative estimate of drug-likeness (QED) is 0.153. The van der Waals surface area contributed by atoms with Crippen molar-refractivity contribution in [2.75, 3.05) is 39.5 Å². The first-order valence-electron chi connectivity index (χ1n) is 20.0. The lowest BCUT2D eigenvalue weighted by molar-refractivity contribution is 0.170. The third-order valence-corrected chi connectivity index (χ3v) is 11.2. The lowest BCUT2D eigenvalue weighted by atomic mass is 10.0. The van der Waals surface area contributed by atoms with Gasteiger partial charge in [0.15, 0.2) is 23.0 Å². The van der Waals surface area contributed by atoms with E-state index in [9.17, 15) is 0 Å². The Hall–Kier alpha value is -5.70. The van der Waals surface area contributed by atoms with Crippen LogP contribution in [0.3, 0.4) is 0 Å². The molecule has 0 spiro atoms. The Morgan fingerprint density at radius 3 is 1.30 bits per heavy atom. The highest BCUT2D eigenvalue weighted by Gasteiger charge is 2.29. The maximum absolute atomic E-state index is 5.78. The molecule has 2 aromatic heterocycles. The summed E-state index contributed by atoms with van der Waals surface area (Å²) in [6.07, 6.45) is 8.50. The van der Waals surface area contributed by atoms with Gasteiger partial charge in [0.1, 0.15) is 26.4 Å². The van der Waals surface area contributed by atoms with Gasteiger partial charge in [-0.2, -0.15) is 0 Å². The van der Waals surface area contributed by atoms with E-state index in [1.54, 1.807) is 0 Å². The van der Waals surface area contributed by atoms with E-state index in [0.717, 1.165) is 71.7 Å². The van der Waals surface area contributed by atoms with Gasteiger partial charge >= 0.3 is 0 Å². The van der Waals surface area contributed by atoms with Gasteiger partial charge in [0, 0.05) is 48.7 Å². The molecular formula is C48H48N4O4. The number of hydrogen-bond acceptors (Lipinski definition) is 8. The Morgan fingerprint density at radius 2 is 0.893 bits per heavy atom. The Balaban J connectivity index is 0.000000146. The van der Waals surface area contributed by atoms with Crippen LogP contribution in [0.4, 0.5) is 0 Å². The Morgan fingerprint density at radius 1 is 0.464 bits per heavy atom. The molecule has 4 aromatic carbocycles. The zero-order valence-electron chi connectivity index (χ0n) is 31.8. The topological polar surface area (TPSA) is 69.2 Å². The molecule has 4 aliphatic heterocycles. The SMILES string of the molecule is c1ccc(-c2ccc(CN3CCC[C@@H]3c3ccc4c(c3)OCCO4)cc2)nc1.c1ccc(-c2ccc(CN3CCC[C@H]3c3ccc4c(c3)OCCO4)cc2)nc1. The zero-order chi connectivity index (χ0) is 37.5. The molecule has 2 saturated heterocycles. The number of aromatic nitrogens is 2. The summed E-state index contributed by atoms with van der Waals surface area (Å²) in [5, 5.41) is 0. The summed E-state index contributed by atoms with van der Waals surface area (Å²) in [6.45, 7) is 6.71. The molecule has 0 unspecified atom stereocenters. The summed E-state index contributed by atoms with van der Waals surface area (Å²) < 4.78 is 22.9. The first-order chi connectivity index (χ1) is 27.7. The van der Waals surface area contributed by atoms with Gasteiger partial charge in [-0.05, 0) is 110 Å². The molecule has 8 heteroatoms. The monoisotopic (exact) mass is 744 g/mol. The second kappa shape index (κ2) is 17.0. The van der Waals surface area contributed by atoms with Crippen molar-refractivity contribution in [1.82, 2.24) is 19.8 Å². The van der Waals surface area contributed by atoms with Gasteiger partial charge in [-0.15, -0.1) is 0 Å². The highest BCUT2D eigenvalue weighted by atomic mass is 16.6. The Labute approximate surface area is 329 Å². The number of pyridine rings is 2. The van der Waals surface area contributed by atoms with Crippen LogP contribution in [0, 0.1) is 0 Å². The second-order valence-electron chi connectivity index (χ2n) is 14.9. The van der Waals surface area contributed by atoms with Crippen LogP contribution in [0.5, 0.6) is 23.0 Å². The standard InChI is InChI=1S/2C24H24N2O2/c2*1-2-12-25-21(4-1)19-8-6-18(7-9-19)17-26-13-3-5-22(26)20-10-11-23-24(16-20)28-15-14-27-23/h2*1-2,4,6-12,16,22H,3,5,13-15,17H2/t2*22-/m10/s1. The van der Waals surface area contributed by atoms with E-state index in [0.29, 0.717) is 38.5 Å². The zero-order valence-corrected chi connectivity index (χ0v) is 31.8. The highest BCUT2D eigenvalue weighted by molar-refractivity contribution is 5.60. The van der Waals surface area contributed by atoms with Gasteiger partial charge in [-0.3, -0.25) is 19.8 Å². The highest BCUT2D eigenvalue weighted by Crippen LogP contribution is 2.40. The molecule has 284 valence electrons. The summed E-state index contributed by atoms with van der Waals surface area (Å²) in [4.78, 5) is 14.0. The lowest BCUT2D eigenvalue weighted by Crippen LogP contribution is -2.23. The molecule has 6 aromatic rings. The minimum Gasteiger partial charge on any atom is -0.486 e. The van der Waals surface area contributed by atoms with Gasteiger partial charge in [0.2, 0.25) is 0 Å². The molecule has 0 saturated carbocycles. The fraction of sp³-hybridized carbons (Fsp3) is 0.292. The molecule has 0 aliphatic carbocycles. The predicted molar refractivity (Wildman–Crippen MR) is 219 cm³/mol. The largest absolute Gasteiger partial charge is 0.486 e. The molecule has 56 heavy (non-hydrogen) atoms. The fourth-order valence-corrected chi connectivity index (χ4v) is 8.42. The average molecular weight is 745 g/mol. The van der Waals surface area contributed by atoms with E-state index in [1.165, 1.54) is 47.9 Å². The molecule has 2 fully saturated rings. The number of likely N-dealkylation sites (tertiary alicyclic amines) is 2. The van der Waals surface area contributed by atoms with Crippen LogP contribution in [0.2, 0.25) is 0 Å². The van der Waals surface area contributed by atoms with Crippen LogP contribution in [-0.4, -0.2) is 59.3 Å². The summed E-state index contributed by atoms with van der Waals surface area (Å²) >= 11 is 0. The number of hydrogen-bond donors (Lipinski definition) is 0. The van der Waals surface area contributed by atoms with E-state index in [1.807, 2.05) is 48.8 Å². The van der Waals surface area contributed by atoms with Crippen molar-refractivity contribution in [3.05, 3.63) is 156 Å². The molecule has 10 rings (SSSR count). The van der Waals surface area contributed by atoms with Crippen molar-refractivity contribution < 1.29 is 18.9 Å². The van der Waals surface area contributed by atoms with Crippen LogP contribution in [0.15, 0.2) is 134 Å². The van der Waals surface area contributed by atoms with Crippen LogP contribution < -0.4 is 18.9 Å². The van der Waals surface area contributed by atoms with E-state index >= 15 is 0 Å². The maximum atomic E-state index is 5.78. The Kier molecular flexibility index (Phi) is 10.9. The molecule has 0 bridgehead atoms. The molecule has 4 aliphatic rings. The van der Waals surface area contributed by atoms with Crippen LogP contribution in [0.25, 0.3) is 22.5 Å². The second-order valence-corrected chi connectivity index (χ2v) is 14.9. The van der Waals surface area contributed by atoms with Gasteiger partial charge in [0.25, 0.3) is 0 Å². The summed E-state index contributed by atoms with van der Waals surface area (Å²) in [7, 11) is 0. The van der Waals surface area contributed by atoms with Crippen LogP contribution in [0.1, 0.15) is 60.0 Å². The van der Waals surface area contributed by atoms with E-state index < -0.39 is 0 Å². The van der Waals surface area contributed by atoms with Crippen molar-refractivity contribution in [2.24, 2.45) is 0 Å². The number of fused-ring (bicyclic) bond motifs is 2. The van der Waals surface area contributed by atoms with E-state index in [4.69, 9.17) is 18.9 Å². The summed E-state index contributed by atoms with van der Waals surface area (Å²) in [6, 6.07) is 43.4. The van der Waals surface area contributed by atoms with Gasteiger partial charge in [0.05, 0.1) is 11.4 Å². The Bertz CT molecular complexity index is 2040. The molecule has 6 heterocycles. The van der Waals surface area contributed by atoms with Gasteiger partial charge in [-0.1, -0.05) is 72.8 Å². The van der Waals surface area contributed by atoms with Gasteiger partial charge < -0.3 is 18.9 Å². The molecule has 0 N–H and O–H groups in total. The summed E-state index contributed by atoms with van der Waals surface area (Å²) in [5.74, 6) is 3.50. The minimum atomic E-state index is 0.436. The average Bonchev–Trinajstić information content (AvgIpc) is 3.94. The van der Waals surface area contributed by atoms with Crippen molar-refractivity contribution in [2.45, 2.75) is 50.9 Å². The molecule has 0 amide bonds. The van der Waals surface area contributed by atoms with Gasteiger partial charge in [-0.25, -0.2) is 0 Å². The minimum absolute atomic E-state index is 0.436. The van der Waals surface area contributed by atoms with Crippen molar-refractivity contribution >= 4 is 0 Å². The number of benzene rings is 4. The smallest absolute Gasteiger partial charge is 0.161 e. The summed E-state index contributed by atoms with van der Waals surface area (Å²) in [5.41, 5.74) is 9.68. The third-order valence-electron chi connectivity index (χ3n) is 11.2. The molecule has 2 atom stereocenters. The number of rotatable bonds is 8. The third kappa shape index (κ3) is 8.27. The van der Waals surface area contributed by atoms with E-state index in [-0.39, 0.29) is 0 Å². The van der Waals surface area contributed by atoms with Crippen molar-refractivity contribution in [3.8, 4) is 45.5 Å². The maximum Gasteiger partial charge on any atom is 0.161 e. The number of nitrogens with zero attached hydrogens (tertiary/aromatic N) is 4. The van der Waals surface area contributed by atoms with E-state index in [2.05, 4.69) is 105 Å². The lowest BCUT2D eigenvalue weighted by Gasteiger charge is -2.26. The van der Waals surface area contributed by atoms with Crippen LogP contribution in [-0.2, 0) is 13.1 Å². The fourth-order valence-electron chi connectivity index (χ4n) is 8.42. The van der Waals surface area contributed by atoms with Crippen molar-refractivity contribution in [1.29, 1.82) is 0 Å². The van der Waals surface area contributed by atoms with Crippen molar-refractivity contribution in [3.63, 3.8) is 0 Å². The first-order valence-corrected chi connectivity index (χ1v) is 20.0. The van der Waals surface area contributed by atoms with Crippen LogP contribution >= 0.6 is 0 Å². The number of ether oxygens (including phenoxy) is 4.